The molecule has 34 heavy (non-hydrogen) atoms. The number of aromatic nitrogens is 1. The number of rotatable bonds is 9. The molecule has 0 unspecified atom stereocenters. The van der Waals surface area contributed by atoms with Crippen molar-refractivity contribution in [2.75, 3.05) is 6.54 Å². The summed E-state index contributed by atoms with van der Waals surface area (Å²) in [5.74, 6) is 0.274. The average molecular weight is 554 g/mol. The molecular formula is C24H36Cl4N4O2. The second-order valence-electron chi connectivity index (χ2n) is 8.39. The van der Waals surface area contributed by atoms with Crippen LogP contribution in [0, 0.1) is 5.92 Å². The SMILES string of the molecule is CC(C)C[C@H](N)C(=O)N1CCC[C@H]1N(C=O)[C@@H](Cc1ccccn1)c1ccccc1.Cl.Cl.Cl.Cl. The molecule has 2 N–H and O–H groups in total. The van der Waals surface area contributed by atoms with E-state index in [4.69, 9.17) is 5.73 Å². The summed E-state index contributed by atoms with van der Waals surface area (Å²) in [6.07, 6.45) is 5.19. The fraction of sp³-hybridized carbons (Fsp3) is 0.458. The monoisotopic (exact) mass is 552 g/mol. The maximum Gasteiger partial charge on any atom is 0.241 e. The Hall–Kier alpha value is -1.57. The van der Waals surface area contributed by atoms with Crippen molar-refractivity contribution >= 4 is 61.9 Å². The highest BCUT2D eigenvalue weighted by atomic mass is 35.5. The zero-order valence-corrected chi connectivity index (χ0v) is 22.8. The fourth-order valence-electron chi connectivity index (χ4n) is 4.28. The van der Waals surface area contributed by atoms with Gasteiger partial charge in [0, 0.05) is 24.9 Å². The molecule has 0 spiro atoms. The van der Waals surface area contributed by atoms with Crippen molar-refractivity contribution in [3.63, 3.8) is 0 Å². The summed E-state index contributed by atoms with van der Waals surface area (Å²) in [4.78, 5) is 33.5. The molecule has 0 radical (unpaired) electrons. The molecule has 1 aliphatic rings. The molecule has 0 bridgehead atoms. The lowest BCUT2D eigenvalue weighted by atomic mass is 9.99. The van der Waals surface area contributed by atoms with E-state index in [2.05, 4.69) is 18.8 Å². The second kappa shape index (κ2) is 17.0. The van der Waals surface area contributed by atoms with E-state index in [0.717, 1.165) is 30.5 Å². The molecule has 0 saturated carbocycles. The third-order valence-electron chi connectivity index (χ3n) is 5.69. The third-order valence-corrected chi connectivity index (χ3v) is 5.69. The van der Waals surface area contributed by atoms with Gasteiger partial charge in [-0.05, 0) is 42.9 Å². The number of pyridine rings is 1. The van der Waals surface area contributed by atoms with E-state index in [1.807, 2.05) is 48.5 Å². The molecule has 3 rings (SSSR count). The number of carbonyl (C=O) groups is 2. The molecule has 2 heterocycles. The van der Waals surface area contributed by atoms with Crippen molar-refractivity contribution in [2.24, 2.45) is 11.7 Å². The molecule has 2 aromatic rings. The minimum absolute atomic E-state index is 0. The van der Waals surface area contributed by atoms with Crippen molar-refractivity contribution in [2.45, 2.75) is 57.8 Å². The smallest absolute Gasteiger partial charge is 0.241 e. The number of carbonyl (C=O) groups excluding carboxylic acids is 2. The molecule has 10 heteroatoms. The first-order valence-corrected chi connectivity index (χ1v) is 10.7. The van der Waals surface area contributed by atoms with E-state index in [0.29, 0.717) is 25.3 Å². The number of benzene rings is 1. The summed E-state index contributed by atoms with van der Waals surface area (Å²) in [5, 5.41) is 0. The van der Waals surface area contributed by atoms with Crippen molar-refractivity contribution in [3.8, 4) is 0 Å². The third kappa shape index (κ3) is 8.90. The van der Waals surface area contributed by atoms with Crippen molar-refractivity contribution in [3.05, 3.63) is 66.0 Å². The molecule has 192 valence electrons. The number of hydrogen-bond acceptors (Lipinski definition) is 4. The topological polar surface area (TPSA) is 79.5 Å². The van der Waals surface area contributed by atoms with Gasteiger partial charge >= 0.3 is 0 Å². The van der Waals surface area contributed by atoms with Crippen LogP contribution in [0.25, 0.3) is 0 Å². The molecule has 1 aromatic heterocycles. The summed E-state index contributed by atoms with van der Waals surface area (Å²) >= 11 is 0. The number of nitrogens with zero attached hydrogens (tertiary/aromatic N) is 3. The minimum Gasteiger partial charge on any atom is -0.321 e. The molecule has 3 atom stereocenters. The van der Waals surface area contributed by atoms with Gasteiger partial charge in [0.15, 0.2) is 0 Å². The lowest BCUT2D eigenvalue weighted by Crippen LogP contribution is -2.53. The minimum atomic E-state index is -0.537. The van der Waals surface area contributed by atoms with Crippen LogP contribution in [0.15, 0.2) is 54.7 Å². The second-order valence-corrected chi connectivity index (χ2v) is 8.39. The molecular weight excluding hydrogens is 518 g/mol. The first kappa shape index (κ1) is 34.6. The van der Waals surface area contributed by atoms with Gasteiger partial charge in [0.1, 0.15) is 6.17 Å². The van der Waals surface area contributed by atoms with Gasteiger partial charge < -0.3 is 15.5 Å². The Balaban J connectivity index is 0. The average Bonchev–Trinajstić information content (AvgIpc) is 3.23. The van der Waals surface area contributed by atoms with E-state index in [1.54, 1.807) is 16.0 Å². The molecule has 1 aliphatic heterocycles. The zero-order valence-electron chi connectivity index (χ0n) is 19.5. The Kier molecular flexibility index (Phi) is 17.3. The van der Waals surface area contributed by atoms with Gasteiger partial charge in [-0.3, -0.25) is 14.6 Å². The van der Waals surface area contributed by atoms with E-state index in [-0.39, 0.29) is 67.7 Å². The molecule has 1 fully saturated rings. The molecule has 1 saturated heterocycles. The maximum absolute atomic E-state index is 13.1. The number of amides is 2. The highest BCUT2D eigenvalue weighted by molar-refractivity contribution is 5.86. The largest absolute Gasteiger partial charge is 0.321 e. The predicted octanol–water partition coefficient (Wildman–Crippen LogP) is 4.83. The Morgan fingerprint density at radius 3 is 2.32 bits per heavy atom. The van der Waals surface area contributed by atoms with Gasteiger partial charge in [-0.15, -0.1) is 49.6 Å². The Bertz CT molecular complexity index is 830. The highest BCUT2D eigenvalue weighted by Crippen LogP contribution is 2.31. The zero-order chi connectivity index (χ0) is 21.5. The van der Waals surface area contributed by atoms with Crippen molar-refractivity contribution in [1.29, 1.82) is 0 Å². The number of halogens is 4. The number of likely N-dealkylation sites (tertiary alicyclic amines) is 1. The van der Waals surface area contributed by atoms with Crippen LogP contribution < -0.4 is 5.73 Å². The summed E-state index contributed by atoms with van der Waals surface area (Å²) < 4.78 is 0. The molecule has 1 aromatic carbocycles. The molecule has 2 amide bonds. The van der Waals surface area contributed by atoms with Gasteiger partial charge in [-0.1, -0.05) is 50.2 Å². The highest BCUT2D eigenvalue weighted by Gasteiger charge is 2.38. The first-order valence-electron chi connectivity index (χ1n) is 10.7. The van der Waals surface area contributed by atoms with E-state index in [1.165, 1.54) is 0 Å². The quantitative estimate of drug-likeness (QED) is 0.451. The Morgan fingerprint density at radius 1 is 1.12 bits per heavy atom. The predicted molar refractivity (Wildman–Crippen MR) is 146 cm³/mol. The van der Waals surface area contributed by atoms with Gasteiger partial charge in [-0.25, -0.2) is 0 Å². The number of nitrogens with two attached hydrogens (primary N) is 1. The van der Waals surface area contributed by atoms with Gasteiger partial charge in [0.2, 0.25) is 12.3 Å². The Labute approximate surface area is 227 Å². The fourth-order valence-corrected chi connectivity index (χ4v) is 4.28. The van der Waals surface area contributed by atoms with Crippen molar-refractivity contribution in [1.82, 2.24) is 14.8 Å². The van der Waals surface area contributed by atoms with Crippen LogP contribution in [0.3, 0.4) is 0 Å². The van der Waals surface area contributed by atoms with Gasteiger partial charge in [0.25, 0.3) is 0 Å². The van der Waals surface area contributed by atoms with Crippen LogP contribution in [-0.2, 0) is 16.0 Å². The van der Waals surface area contributed by atoms with Crippen LogP contribution in [0.5, 0.6) is 0 Å². The van der Waals surface area contributed by atoms with Crippen LogP contribution in [0.1, 0.15) is 50.4 Å². The standard InChI is InChI=1S/C24H32N4O2.4ClH/c1-18(2)15-21(25)24(30)27-14-8-12-23(27)28(17-29)22(19-9-4-3-5-10-19)16-20-11-6-7-13-26-20;;;;/h3-7,9-11,13,17-18,21-23H,8,12,14-16,25H2,1-2H3;4*1H/t21-,22-,23+;;;;/m0..../s1. The first-order chi connectivity index (χ1) is 14.5. The van der Waals surface area contributed by atoms with Crippen molar-refractivity contribution < 1.29 is 9.59 Å². The summed E-state index contributed by atoms with van der Waals surface area (Å²) in [6, 6.07) is 15.0. The van der Waals surface area contributed by atoms with Crippen LogP contribution in [0.2, 0.25) is 0 Å². The summed E-state index contributed by atoms with van der Waals surface area (Å²) in [5.41, 5.74) is 8.14. The number of hydrogen-bond donors (Lipinski definition) is 1. The van der Waals surface area contributed by atoms with E-state index in [9.17, 15) is 9.59 Å². The van der Waals surface area contributed by atoms with Gasteiger partial charge in [0.05, 0.1) is 12.1 Å². The normalized spacial score (nSPS) is 16.1. The molecule has 0 aliphatic carbocycles. The summed E-state index contributed by atoms with van der Waals surface area (Å²) in [6.45, 7) is 4.75. The summed E-state index contributed by atoms with van der Waals surface area (Å²) in [7, 11) is 0. The van der Waals surface area contributed by atoms with Crippen LogP contribution >= 0.6 is 49.6 Å². The molecule has 6 nitrogen and oxygen atoms in total. The lowest BCUT2D eigenvalue weighted by molar-refractivity contribution is -0.141. The van der Waals surface area contributed by atoms with E-state index < -0.39 is 6.04 Å². The van der Waals surface area contributed by atoms with E-state index >= 15 is 0 Å². The Morgan fingerprint density at radius 2 is 1.76 bits per heavy atom. The maximum atomic E-state index is 13.1. The lowest BCUT2D eigenvalue weighted by Gasteiger charge is -2.39. The van der Waals surface area contributed by atoms with Crippen LogP contribution in [0.4, 0.5) is 0 Å². The van der Waals surface area contributed by atoms with Crippen LogP contribution in [-0.4, -0.2) is 45.9 Å². The van der Waals surface area contributed by atoms with Gasteiger partial charge in [-0.2, -0.15) is 0 Å².